The van der Waals surface area contributed by atoms with E-state index in [4.69, 9.17) is 4.74 Å². The number of rotatable bonds is 7. The zero-order chi connectivity index (χ0) is 19.6. The maximum Gasteiger partial charge on any atom is 0.251 e. The molecule has 2 atom stereocenters. The lowest BCUT2D eigenvalue weighted by Crippen LogP contribution is -2.48. The van der Waals surface area contributed by atoms with Gasteiger partial charge in [0.05, 0.1) is 17.1 Å². The Labute approximate surface area is 161 Å². The van der Waals surface area contributed by atoms with Crippen molar-refractivity contribution in [2.24, 2.45) is 0 Å². The second kappa shape index (κ2) is 8.26. The topological polar surface area (TPSA) is 79.0 Å². The molecule has 1 aliphatic heterocycles. The molecular formula is C19H29N3O4S. The zero-order valence-corrected chi connectivity index (χ0v) is 17.0. The van der Waals surface area contributed by atoms with Gasteiger partial charge in [0.1, 0.15) is 0 Å². The van der Waals surface area contributed by atoms with Crippen molar-refractivity contribution in [2.75, 3.05) is 33.2 Å². The summed E-state index contributed by atoms with van der Waals surface area (Å²) in [7, 11) is -1.60. The van der Waals surface area contributed by atoms with Crippen molar-refractivity contribution in [3.05, 3.63) is 29.8 Å². The van der Waals surface area contributed by atoms with E-state index in [1.54, 1.807) is 12.1 Å². The van der Waals surface area contributed by atoms with Gasteiger partial charge in [-0.1, -0.05) is 6.07 Å². The van der Waals surface area contributed by atoms with Crippen molar-refractivity contribution in [2.45, 2.75) is 49.8 Å². The molecular weight excluding hydrogens is 366 g/mol. The summed E-state index contributed by atoms with van der Waals surface area (Å²) in [4.78, 5) is 14.8. The molecule has 1 saturated heterocycles. The average molecular weight is 396 g/mol. The van der Waals surface area contributed by atoms with Crippen LogP contribution in [0.25, 0.3) is 0 Å². The molecule has 7 nitrogen and oxygen atoms in total. The Hall–Kier alpha value is -1.48. The second-order valence-electron chi connectivity index (χ2n) is 7.57. The molecule has 2 aliphatic rings. The number of carbonyl (C=O) groups is 1. The molecule has 1 heterocycles. The number of benzene rings is 1. The lowest BCUT2D eigenvalue weighted by molar-refractivity contribution is -0.0440. The van der Waals surface area contributed by atoms with Crippen LogP contribution in [-0.2, 0) is 14.8 Å². The highest BCUT2D eigenvalue weighted by atomic mass is 32.2. The summed E-state index contributed by atoms with van der Waals surface area (Å²) >= 11 is 0. The van der Waals surface area contributed by atoms with Gasteiger partial charge in [-0.2, -0.15) is 4.31 Å². The molecule has 1 saturated carbocycles. The van der Waals surface area contributed by atoms with Gasteiger partial charge in [0.15, 0.2) is 0 Å². The first-order valence-corrected chi connectivity index (χ1v) is 11.0. The predicted octanol–water partition coefficient (Wildman–Crippen LogP) is 1.31. The quantitative estimate of drug-likeness (QED) is 0.753. The van der Waals surface area contributed by atoms with Crippen molar-refractivity contribution >= 4 is 15.9 Å². The molecule has 27 heavy (non-hydrogen) atoms. The Morgan fingerprint density at radius 1 is 1.26 bits per heavy atom. The van der Waals surface area contributed by atoms with Crippen molar-refractivity contribution in [3.63, 3.8) is 0 Å². The van der Waals surface area contributed by atoms with E-state index in [0.717, 1.165) is 6.54 Å². The van der Waals surface area contributed by atoms with E-state index >= 15 is 0 Å². The molecule has 2 unspecified atom stereocenters. The molecule has 1 N–H and O–H groups in total. The van der Waals surface area contributed by atoms with Gasteiger partial charge in [0.25, 0.3) is 5.91 Å². The number of sulfonamides is 1. The normalized spacial score (nSPS) is 24.1. The average Bonchev–Trinajstić information content (AvgIpc) is 3.46. The molecule has 0 bridgehead atoms. The minimum atomic E-state index is -3.66. The van der Waals surface area contributed by atoms with Gasteiger partial charge >= 0.3 is 0 Å². The molecule has 8 heteroatoms. The minimum absolute atomic E-state index is 0.145. The van der Waals surface area contributed by atoms with Crippen molar-refractivity contribution in [1.82, 2.24) is 14.5 Å². The summed E-state index contributed by atoms with van der Waals surface area (Å²) in [6.07, 6.45) is 2.14. The van der Waals surface area contributed by atoms with Crippen LogP contribution in [0.2, 0.25) is 0 Å². The third-order valence-electron chi connectivity index (χ3n) is 5.04. The van der Waals surface area contributed by atoms with E-state index < -0.39 is 10.0 Å². The lowest BCUT2D eigenvalue weighted by Gasteiger charge is -2.34. The first kappa shape index (κ1) is 20.3. The van der Waals surface area contributed by atoms with E-state index in [-0.39, 0.29) is 23.0 Å². The van der Waals surface area contributed by atoms with E-state index in [2.05, 4.69) is 17.3 Å². The fourth-order valence-electron chi connectivity index (χ4n) is 3.42. The van der Waals surface area contributed by atoms with Crippen LogP contribution in [0.1, 0.15) is 37.0 Å². The lowest BCUT2D eigenvalue weighted by atomic mass is 10.2. The summed E-state index contributed by atoms with van der Waals surface area (Å²) in [5.74, 6) is -0.250. The van der Waals surface area contributed by atoms with E-state index in [1.165, 1.54) is 29.3 Å². The van der Waals surface area contributed by atoms with Gasteiger partial charge in [-0.15, -0.1) is 0 Å². The largest absolute Gasteiger partial charge is 0.373 e. The number of carbonyl (C=O) groups excluding carboxylic acids is 1. The van der Waals surface area contributed by atoms with Crippen LogP contribution < -0.4 is 5.32 Å². The van der Waals surface area contributed by atoms with Gasteiger partial charge in [-0.3, -0.25) is 4.79 Å². The maximum atomic E-state index is 13.0. The monoisotopic (exact) mass is 395 g/mol. The number of amides is 1. The molecule has 150 valence electrons. The third kappa shape index (κ3) is 5.07. The molecule has 1 aromatic carbocycles. The van der Waals surface area contributed by atoms with Crippen LogP contribution in [0.3, 0.4) is 0 Å². The number of likely N-dealkylation sites (N-methyl/N-ethyl adjacent to an activating group) is 1. The number of hydrogen-bond donors (Lipinski definition) is 1. The molecule has 1 aromatic rings. The Balaban J connectivity index is 1.65. The van der Waals surface area contributed by atoms with Crippen LogP contribution >= 0.6 is 0 Å². The van der Waals surface area contributed by atoms with Crippen LogP contribution in [0, 0.1) is 0 Å². The van der Waals surface area contributed by atoms with Gasteiger partial charge < -0.3 is 15.0 Å². The van der Waals surface area contributed by atoms with E-state index in [1.807, 2.05) is 13.8 Å². The molecule has 0 aromatic heterocycles. The Morgan fingerprint density at radius 2 is 1.93 bits per heavy atom. The van der Waals surface area contributed by atoms with Gasteiger partial charge in [-0.25, -0.2) is 8.42 Å². The first-order chi connectivity index (χ1) is 12.8. The molecule has 1 aliphatic carbocycles. The smallest absolute Gasteiger partial charge is 0.251 e. The Kier molecular flexibility index (Phi) is 6.20. The maximum absolute atomic E-state index is 13.0. The van der Waals surface area contributed by atoms with Crippen LogP contribution in [0.5, 0.6) is 0 Å². The third-order valence-corrected chi connectivity index (χ3v) is 6.87. The van der Waals surface area contributed by atoms with Gasteiger partial charge in [-0.05, 0) is 51.9 Å². The fourth-order valence-corrected chi connectivity index (χ4v) is 5.06. The van der Waals surface area contributed by atoms with Crippen LogP contribution in [-0.4, -0.2) is 75.0 Å². The number of nitrogens with zero attached hydrogens (tertiary/aromatic N) is 2. The number of hydrogen-bond acceptors (Lipinski definition) is 5. The molecule has 1 amide bonds. The summed E-state index contributed by atoms with van der Waals surface area (Å²) in [5.41, 5.74) is 0.361. The Morgan fingerprint density at radius 3 is 2.56 bits per heavy atom. The number of morpholine rings is 1. The fraction of sp³-hybridized carbons (Fsp3) is 0.632. The van der Waals surface area contributed by atoms with Gasteiger partial charge in [0, 0.05) is 37.8 Å². The Bertz CT molecular complexity index is 769. The summed E-state index contributed by atoms with van der Waals surface area (Å²) < 4.78 is 33.0. The van der Waals surface area contributed by atoms with Crippen molar-refractivity contribution in [1.29, 1.82) is 0 Å². The highest BCUT2D eigenvalue weighted by molar-refractivity contribution is 7.89. The van der Waals surface area contributed by atoms with E-state index in [9.17, 15) is 13.2 Å². The summed E-state index contributed by atoms with van der Waals surface area (Å²) in [5, 5.41) is 2.88. The van der Waals surface area contributed by atoms with Crippen LogP contribution in [0.15, 0.2) is 29.2 Å². The van der Waals surface area contributed by atoms with Crippen molar-refractivity contribution < 1.29 is 17.9 Å². The zero-order valence-electron chi connectivity index (χ0n) is 16.2. The number of nitrogens with one attached hydrogen (secondary N) is 1. The summed E-state index contributed by atoms with van der Waals surface area (Å²) in [6.45, 7) is 5.69. The first-order valence-electron chi connectivity index (χ1n) is 9.51. The SMILES string of the molecule is CC1CN(S(=O)(=O)c2cccc(C(=O)NCCN(C)C3CC3)c2)CC(C)O1. The van der Waals surface area contributed by atoms with Crippen molar-refractivity contribution in [3.8, 4) is 0 Å². The highest BCUT2D eigenvalue weighted by Crippen LogP contribution is 2.24. The standard InChI is InChI=1S/C19H29N3O4S/c1-14-12-22(13-15(2)26-14)27(24,25)18-6-4-5-16(11-18)19(23)20-9-10-21(3)17-7-8-17/h4-6,11,14-15,17H,7-10,12-13H2,1-3H3,(H,20,23). The second-order valence-corrected chi connectivity index (χ2v) is 9.51. The van der Waals surface area contributed by atoms with E-state index in [0.29, 0.717) is 31.2 Å². The molecule has 2 fully saturated rings. The molecule has 0 radical (unpaired) electrons. The molecule has 0 spiro atoms. The predicted molar refractivity (Wildman–Crippen MR) is 103 cm³/mol. The van der Waals surface area contributed by atoms with Crippen LogP contribution in [0.4, 0.5) is 0 Å². The highest BCUT2D eigenvalue weighted by Gasteiger charge is 2.32. The summed E-state index contributed by atoms with van der Waals surface area (Å²) in [6, 6.07) is 6.90. The minimum Gasteiger partial charge on any atom is -0.373 e. The number of ether oxygens (including phenoxy) is 1. The molecule has 3 rings (SSSR count). The van der Waals surface area contributed by atoms with Gasteiger partial charge in [0.2, 0.25) is 10.0 Å².